The topological polar surface area (TPSA) is 54.2 Å². The molecule has 0 saturated carbocycles. The minimum Gasteiger partial charge on any atom is -0.419 e. The molecule has 7 heteroatoms. The number of thiophene rings is 1. The first-order chi connectivity index (χ1) is 9.60. The molecule has 0 bridgehead atoms. The third-order valence-electron chi connectivity index (χ3n) is 3.24. The Labute approximate surface area is 130 Å². The van der Waals surface area contributed by atoms with Gasteiger partial charge in [0.05, 0.1) is 15.2 Å². The van der Waals surface area contributed by atoms with Gasteiger partial charge in [0.25, 0.3) is 5.89 Å². The molecule has 0 radical (unpaired) electrons. The number of aromatic nitrogens is 2. The maximum Gasteiger partial charge on any atom is 0.257 e. The zero-order valence-electron chi connectivity index (χ0n) is 11.5. The van der Waals surface area contributed by atoms with Gasteiger partial charge in [-0.2, -0.15) is 0 Å². The molecule has 2 aromatic rings. The van der Waals surface area contributed by atoms with E-state index < -0.39 is 0 Å². The van der Waals surface area contributed by atoms with Gasteiger partial charge in [-0.1, -0.05) is 0 Å². The van der Waals surface area contributed by atoms with Crippen LogP contribution in [-0.4, -0.2) is 40.3 Å². The fourth-order valence-electron chi connectivity index (χ4n) is 2.61. The molecule has 1 aliphatic heterocycles. The minimum atomic E-state index is 0.495. The van der Waals surface area contributed by atoms with Gasteiger partial charge in [0.15, 0.2) is 0 Å². The molecule has 2 atom stereocenters. The van der Waals surface area contributed by atoms with E-state index in [1.807, 2.05) is 12.1 Å². The highest BCUT2D eigenvalue weighted by atomic mass is 79.9. The Morgan fingerprint density at radius 1 is 1.35 bits per heavy atom. The quantitative estimate of drug-likeness (QED) is 0.916. The van der Waals surface area contributed by atoms with Gasteiger partial charge in [0, 0.05) is 25.2 Å². The predicted octanol–water partition coefficient (Wildman–Crippen LogP) is 2.74. The standard InChI is InChI=1S/C13H17BrN4OS/c1-8-5-18(6-9(2)15-8)7-12-16-17-13(19-12)10-3-4-11(14)20-10/h3-4,8-9,15H,5-7H2,1-2H3. The Morgan fingerprint density at radius 3 is 2.75 bits per heavy atom. The summed E-state index contributed by atoms with van der Waals surface area (Å²) in [6, 6.07) is 4.97. The first-order valence-electron chi connectivity index (χ1n) is 6.66. The highest BCUT2D eigenvalue weighted by Gasteiger charge is 2.22. The van der Waals surface area contributed by atoms with E-state index in [4.69, 9.17) is 4.42 Å². The fraction of sp³-hybridized carbons (Fsp3) is 0.538. The van der Waals surface area contributed by atoms with E-state index in [2.05, 4.69) is 50.2 Å². The smallest absolute Gasteiger partial charge is 0.257 e. The molecule has 3 heterocycles. The van der Waals surface area contributed by atoms with Crippen molar-refractivity contribution in [2.75, 3.05) is 13.1 Å². The summed E-state index contributed by atoms with van der Waals surface area (Å²) in [4.78, 5) is 3.35. The van der Waals surface area contributed by atoms with Gasteiger partial charge in [-0.15, -0.1) is 21.5 Å². The van der Waals surface area contributed by atoms with Crippen LogP contribution in [0.3, 0.4) is 0 Å². The maximum absolute atomic E-state index is 5.76. The van der Waals surface area contributed by atoms with Crippen LogP contribution < -0.4 is 5.32 Å². The molecule has 1 N–H and O–H groups in total. The second kappa shape index (κ2) is 5.93. The van der Waals surface area contributed by atoms with Crippen LogP contribution in [0.15, 0.2) is 20.3 Å². The SMILES string of the molecule is CC1CN(Cc2nnc(-c3ccc(Br)s3)o2)CC(C)N1. The zero-order chi connectivity index (χ0) is 14.1. The van der Waals surface area contributed by atoms with Gasteiger partial charge in [0.2, 0.25) is 5.89 Å². The molecule has 0 aromatic carbocycles. The fourth-order valence-corrected chi connectivity index (χ4v) is 3.91. The third kappa shape index (κ3) is 3.28. The average molecular weight is 357 g/mol. The molecular formula is C13H17BrN4OS. The van der Waals surface area contributed by atoms with Crippen LogP contribution in [0.4, 0.5) is 0 Å². The summed E-state index contributed by atoms with van der Waals surface area (Å²) < 4.78 is 6.83. The number of halogens is 1. The van der Waals surface area contributed by atoms with Gasteiger partial charge < -0.3 is 9.73 Å². The van der Waals surface area contributed by atoms with E-state index in [1.165, 1.54) is 0 Å². The van der Waals surface area contributed by atoms with Crippen molar-refractivity contribution in [3.8, 4) is 10.8 Å². The molecule has 20 heavy (non-hydrogen) atoms. The first kappa shape index (κ1) is 14.2. The van der Waals surface area contributed by atoms with Crippen molar-refractivity contribution < 1.29 is 4.42 Å². The summed E-state index contributed by atoms with van der Waals surface area (Å²) in [6.45, 7) is 7.13. The Kier molecular flexibility index (Phi) is 4.21. The van der Waals surface area contributed by atoms with E-state index in [0.717, 1.165) is 28.3 Å². The van der Waals surface area contributed by atoms with E-state index in [0.29, 0.717) is 23.9 Å². The summed E-state index contributed by atoms with van der Waals surface area (Å²) in [5.41, 5.74) is 0. The number of hydrogen-bond acceptors (Lipinski definition) is 6. The normalized spacial score (nSPS) is 24.1. The Morgan fingerprint density at radius 2 is 2.10 bits per heavy atom. The lowest BCUT2D eigenvalue weighted by atomic mass is 10.1. The van der Waals surface area contributed by atoms with E-state index in [1.54, 1.807) is 11.3 Å². The molecule has 0 amide bonds. The van der Waals surface area contributed by atoms with Crippen molar-refractivity contribution in [2.24, 2.45) is 0 Å². The van der Waals surface area contributed by atoms with Crippen molar-refractivity contribution in [1.82, 2.24) is 20.4 Å². The summed E-state index contributed by atoms with van der Waals surface area (Å²) in [5.74, 6) is 1.29. The van der Waals surface area contributed by atoms with Crippen LogP contribution in [0.2, 0.25) is 0 Å². The Hall–Kier alpha value is -0.760. The molecule has 2 unspecified atom stereocenters. The van der Waals surface area contributed by atoms with Crippen LogP contribution in [0.25, 0.3) is 10.8 Å². The van der Waals surface area contributed by atoms with Gasteiger partial charge >= 0.3 is 0 Å². The molecule has 0 aliphatic carbocycles. The Balaban J connectivity index is 1.68. The summed E-state index contributed by atoms with van der Waals surface area (Å²) in [5, 5.41) is 11.8. The van der Waals surface area contributed by atoms with Crippen molar-refractivity contribution in [2.45, 2.75) is 32.5 Å². The number of piperazine rings is 1. The highest BCUT2D eigenvalue weighted by molar-refractivity contribution is 9.11. The maximum atomic E-state index is 5.76. The molecule has 1 fully saturated rings. The van der Waals surface area contributed by atoms with Crippen molar-refractivity contribution in [3.63, 3.8) is 0 Å². The largest absolute Gasteiger partial charge is 0.419 e. The lowest BCUT2D eigenvalue weighted by molar-refractivity contribution is 0.154. The van der Waals surface area contributed by atoms with Gasteiger partial charge in [0.1, 0.15) is 0 Å². The average Bonchev–Trinajstić information content (AvgIpc) is 2.96. The summed E-state index contributed by atoms with van der Waals surface area (Å²) >= 11 is 5.04. The molecule has 0 spiro atoms. The van der Waals surface area contributed by atoms with E-state index >= 15 is 0 Å². The number of rotatable bonds is 3. The molecule has 5 nitrogen and oxygen atoms in total. The lowest BCUT2D eigenvalue weighted by Crippen LogP contribution is -2.53. The van der Waals surface area contributed by atoms with Gasteiger partial charge in [-0.3, -0.25) is 4.90 Å². The Bertz CT molecular complexity index is 574. The number of nitrogens with one attached hydrogen (secondary N) is 1. The predicted molar refractivity (Wildman–Crippen MR) is 82.6 cm³/mol. The van der Waals surface area contributed by atoms with Crippen molar-refractivity contribution >= 4 is 27.3 Å². The second-order valence-corrected chi connectivity index (χ2v) is 7.73. The molecule has 3 rings (SSSR count). The monoisotopic (exact) mass is 356 g/mol. The highest BCUT2D eigenvalue weighted by Crippen LogP contribution is 2.30. The van der Waals surface area contributed by atoms with Crippen LogP contribution in [0.1, 0.15) is 19.7 Å². The van der Waals surface area contributed by atoms with Crippen molar-refractivity contribution in [1.29, 1.82) is 0 Å². The van der Waals surface area contributed by atoms with Crippen LogP contribution >= 0.6 is 27.3 Å². The van der Waals surface area contributed by atoms with Crippen LogP contribution in [0, 0.1) is 0 Å². The summed E-state index contributed by atoms with van der Waals surface area (Å²) in [7, 11) is 0. The lowest BCUT2D eigenvalue weighted by Gasteiger charge is -2.35. The van der Waals surface area contributed by atoms with E-state index in [-0.39, 0.29) is 0 Å². The second-order valence-electron chi connectivity index (χ2n) is 5.27. The number of hydrogen-bond donors (Lipinski definition) is 1. The molecule has 2 aromatic heterocycles. The molecule has 108 valence electrons. The number of nitrogens with zero attached hydrogens (tertiary/aromatic N) is 3. The molecule has 1 aliphatic rings. The zero-order valence-corrected chi connectivity index (χ0v) is 13.9. The van der Waals surface area contributed by atoms with Crippen LogP contribution in [0.5, 0.6) is 0 Å². The molecular weight excluding hydrogens is 340 g/mol. The first-order valence-corrected chi connectivity index (χ1v) is 8.27. The summed E-state index contributed by atoms with van der Waals surface area (Å²) in [6.07, 6.45) is 0. The third-order valence-corrected chi connectivity index (χ3v) is 4.85. The van der Waals surface area contributed by atoms with Crippen LogP contribution in [-0.2, 0) is 6.54 Å². The van der Waals surface area contributed by atoms with E-state index in [9.17, 15) is 0 Å². The van der Waals surface area contributed by atoms with Gasteiger partial charge in [-0.05, 0) is 41.9 Å². The molecule has 1 saturated heterocycles. The van der Waals surface area contributed by atoms with Gasteiger partial charge in [-0.25, -0.2) is 0 Å². The minimum absolute atomic E-state index is 0.495. The van der Waals surface area contributed by atoms with Crippen molar-refractivity contribution in [3.05, 3.63) is 21.8 Å².